The van der Waals surface area contributed by atoms with Gasteiger partial charge in [-0.3, -0.25) is 24.2 Å². The van der Waals surface area contributed by atoms with Crippen LogP contribution >= 0.6 is 0 Å². The molecule has 0 unspecified atom stereocenters. The molecule has 0 aliphatic carbocycles. The predicted octanol–water partition coefficient (Wildman–Crippen LogP) is 2.82. The van der Waals surface area contributed by atoms with E-state index in [1.165, 1.54) is 18.3 Å². The number of fused-ring (bicyclic) bond motifs is 1. The summed E-state index contributed by atoms with van der Waals surface area (Å²) in [4.78, 5) is 31.6. The number of aromatic nitrogens is 2. The molecule has 0 bridgehead atoms. The van der Waals surface area contributed by atoms with E-state index in [0.29, 0.717) is 38.4 Å². The first-order valence-corrected chi connectivity index (χ1v) is 9.69. The molecule has 0 spiro atoms. The molecule has 0 N–H and O–H groups in total. The summed E-state index contributed by atoms with van der Waals surface area (Å²) >= 11 is 0. The molecular weight excluding hydrogens is 431 g/mol. The first-order valence-electron chi connectivity index (χ1n) is 9.69. The van der Waals surface area contributed by atoms with Gasteiger partial charge < -0.3 is 9.64 Å². The number of nitrogens with zero attached hydrogens (tertiary/aromatic N) is 5. The third-order valence-corrected chi connectivity index (χ3v) is 5.11. The standard InChI is InChI=1S/C20H18F3N5O4/c21-20(22,23)32-15-6-4-14(5-7-15)13-25-9-11-26(12-10-25)18-17(28(30)31)19(29)27-8-2-1-3-16(27)24-18/h1-8H,9-13H2. The van der Waals surface area contributed by atoms with Gasteiger partial charge in [0.25, 0.3) is 0 Å². The molecule has 1 saturated heterocycles. The van der Waals surface area contributed by atoms with Crippen LogP contribution in [0.3, 0.4) is 0 Å². The molecule has 32 heavy (non-hydrogen) atoms. The molecule has 168 valence electrons. The van der Waals surface area contributed by atoms with Crippen molar-refractivity contribution in [3.8, 4) is 5.75 Å². The van der Waals surface area contributed by atoms with E-state index in [4.69, 9.17) is 0 Å². The largest absolute Gasteiger partial charge is 0.573 e. The SMILES string of the molecule is O=c1c([N+](=O)[O-])c(N2CCN(Cc3ccc(OC(F)(F)F)cc3)CC2)nc2ccccn12. The summed E-state index contributed by atoms with van der Waals surface area (Å²) in [6, 6.07) is 10.5. The maximum Gasteiger partial charge on any atom is 0.573 e. The molecule has 4 rings (SSSR count). The van der Waals surface area contributed by atoms with Gasteiger partial charge in [-0.25, -0.2) is 4.98 Å². The summed E-state index contributed by atoms with van der Waals surface area (Å²) in [6.07, 6.45) is -3.30. The monoisotopic (exact) mass is 449 g/mol. The van der Waals surface area contributed by atoms with Crippen molar-refractivity contribution >= 4 is 17.2 Å². The lowest BCUT2D eigenvalue weighted by Gasteiger charge is -2.35. The summed E-state index contributed by atoms with van der Waals surface area (Å²) in [5, 5.41) is 11.6. The van der Waals surface area contributed by atoms with Crippen molar-refractivity contribution in [1.82, 2.24) is 14.3 Å². The number of hydrogen-bond acceptors (Lipinski definition) is 7. The maximum absolute atomic E-state index is 12.6. The van der Waals surface area contributed by atoms with Crippen LogP contribution in [0.15, 0.2) is 53.5 Å². The summed E-state index contributed by atoms with van der Waals surface area (Å²) in [7, 11) is 0. The number of ether oxygens (including phenoxy) is 1. The Kier molecular flexibility index (Phi) is 5.70. The quantitative estimate of drug-likeness (QED) is 0.437. The third-order valence-electron chi connectivity index (χ3n) is 5.11. The lowest BCUT2D eigenvalue weighted by atomic mass is 10.2. The van der Waals surface area contributed by atoms with Gasteiger partial charge in [0.2, 0.25) is 5.82 Å². The van der Waals surface area contributed by atoms with Crippen molar-refractivity contribution in [2.45, 2.75) is 12.9 Å². The minimum absolute atomic E-state index is 0.0412. The molecule has 0 atom stereocenters. The van der Waals surface area contributed by atoms with Crippen molar-refractivity contribution in [2.75, 3.05) is 31.1 Å². The maximum atomic E-state index is 12.6. The van der Waals surface area contributed by atoms with E-state index in [2.05, 4.69) is 14.6 Å². The van der Waals surface area contributed by atoms with Crippen molar-refractivity contribution in [3.05, 3.63) is 74.7 Å². The van der Waals surface area contributed by atoms with Crippen LogP contribution in [-0.2, 0) is 6.54 Å². The molecule has 0 amide bonds. The van der Waals surface area contributed by atoms with Gasteiger partial charge in [0.1, 0.15) is 11.4 Å². The second-order valence-electron chi connectivity index (χ2n) is 7.23. The summed E-state index contributed by atoms with van der Waals surface area (Å²) in [6.45, 7) is 2.38. The van der Waals surface area contributed by atoms with E-state index in [1.54, 1.807) is 35.2 Å². The number of nitro groups is 1. The lowest BCUT2D eigenvalue weighted by Crippen LogP contribution is -2.47. The summed E-state index contributed by atoms with van der Waals surface area (Å²) in [5.74, 6) is -0.244. The van der Waals surface area contributed by atoms with Crippen LogP contribution in [0.1, 0.15) is 5.56 Å². The average molecular weight is 449 g/mol. The highest BCUT2D eigenvalue weighted by Gasteiger charge is 2.31. The molecule has 0 saturated carbocycles. The fraction of sp³-hybridized carbons (Fsp3) is 0.300. The molecule has 1 aromatic carbocycles. The molecule has 3 heterocycles. The highest BCUT2D eigenvalue weighted by Crippen LogP contribution is 2.25. The highest BCUT2D eigenvalue weighted by atomic mass is 19.4. The molecule has 9 nitrogen and oxygen atoms in total. The molecule has 1 fully saturated rings. The molecule has 1 aliphatic rings. The number of piperazine rings is 1. The Morgan fingerprint density at radius 2 is 1.75 bits per heavy atom. The van der Waals surface area contributed by atoms with Gasteiger partial charge in [0.15, 0.2) is 0 Å². The fourth-order valence-electron chi connectivity index (χ4n) is 3.62. The van der Waals surface area contributed by atoms with Gasteiger partial charge in [-0.05, 0) is 29.8 Å². The lowest BCUT2D eigenvalue weighted by molar-refractivity contribution is -0.385. The van der Waals surface area contributed by atoms with Crippen molar-refractivity contribution in [2.24, 2.45) is 0 Å². The average Bonchev–Trinajstić information content (AvgIpc) is 2.74. The topological polar surface area (TPSA) is 93.2 Å². The van der Waals surface area contributed by atoms with Crippen molar-refractivity contribution in [1.29, 1.82) is 0 Å². The Morgan fingerprint density at radius 3 is 2.38 bits per heavy atom. The Morgan fingerprint density at radius 1 is 1.06 bits per heavy atom. The number of rotatable bonds is 5. The number of pyridine rings is 1. The minimum atomic E-state index is -4.74. The Balaban J connectivity index is 1.46. The first-order chi connectivity index (χ1) is 15.2. The number of benzene rings is 1. The predicted molar refractivity (Wildman–Crippen MR) is 109 cm³/mol. The molecular formula is C20H18F3N5O4. The smallest absolute Gasteiger partial charge is 0.406 e. The van der Waals surface area contributed by atoms with Gasteiger partial charge in [-0.1, -0.05) is 18.2 Å². The van der Waals surface area contributed by atoms with Crippen LogP contribution in [0.4, 0.5) is 24.7 Å². The Bertz CT molecular complexity index is 1190. The van der Waals surface area contributed by atoms with E-state index in [9.17, 15) is 28.1 Å². The zero-order valence-electron chi connectivity index (χ0n) is 16.7. The Labute approximate surface area is 179 Å². The normalized spacial score (nSPS) is 15.2. The molecule has 1 aliphatic heterocycles. The molecule has 0 radical (unpaired) electrons. The van der Waals surface area contributed by atoms with Crippen molar-refractivity contribution in [3.63, 3.8) is 0 Å². The van der Waals surface area contributed by atoms with E-state index in [1.807, 2.05) is 0 Å². The van der Waals surface area contributed by atoms with Gasteiger partial charge >= 0.3 is 17.6 Å². The number of halogens is 3. The van der Waals surface area contributed by atoms with E-state index in [0.717, 1.165) is 9.96 Å². The number of hydrogen-bond donors (Lipinski definition) is 0. The van der Waals surface area contributed by atoms with Crippen LogP contribution in [0.25, 0.3) is 5.65 Å². The van der Waals surface area contributed by atoms with Crippen molar-refractivity contribution < 1.29 is 22.8 Å². The molecule has 3 aromatic rings. The van der Waals surface area contributed by atoms with E-state index < -0.39 is 22.5 Å². The summed E-state index contributed by atoms with van der Waals surface area (Å²) < 4.78 is 41.8. The molecule has 2 aromatic heterocycles. The fourth-order valence-corrected chi connectivity index (χ4v) is 3.62. The highest BCUT2D eigenvalue weighted by molar-refractivity contribution is 5.61. The number of anilines is 1. The Hall–Kier alpha value is -3.67. The zero-order chi connectivity index (χ0) is 22.9. The van der Waals surface area contributed by atoms with Gasteiger partial charge in [-0.2, -0.15) is 0 Å². The second-order valence-corrected chi connectivity index (χ2v) is 7.23. The van der Waals surface area contributed by atoms with Crippen LogP contribution < -0.4 is 15.2 Å². The minimum Gasteiger partial charge on any atom is -0.406 e. The second kappa shape index (κ2) is 8.46. The van der Waals surface area contributed by atoms with Crippen LogP contribution in [0.5, 0.6) is 5.75 Å². The van der Waals surface area contributed by atoms with Gasteiger partial charge in [0.05, 0.1) is 4.92 Å². The van der Waals surface area contributed by atoms with E-state index >= 15 is 0 Å². The number of alkyl halides is 3. The first kappa shape index (κ1) is 21.6. The van der Waals surface area contributed by atoms with Gasteiger partial charge in [0, 0.05) is 38.9 Å². The zero-order valence-corrected chi connectivity index (χ0v) is 16.7. The summed E-state index contributed by atoms with van der Waals surface area (Å²) in [5.41, 5.74) is -0.177. The van der Waals surface area contributed by atoms with Gasteiger partial charge in [-0.15, -0.1) is 13.2 Å². The van der Waals surface area contributed by atoms with Crippen LogP contribution in [0, 0.1) is 10.1 Å². The third kappa shape index (κ3) is 4.64. The van der Waals surface area contributed by atoms with E-state index in [-0.39, 0.29) is 11.6 Å². The van der Waals surface area contributed by atoms with Crippen LogP contribution in [-0.4, -0.2) is 51.7 Å². The van der Waals surface area contributed by atoms with Crippen LogP contribution in [0.2, 0.25) is 0 Å². The molecule has 12 heteroatoms.